The molecule has 0 atom stereocenters. The number of rotatable bonds is 6. The molecule has 0 bridgehead atoms. The van der Waals surface area contributed by atoms with Crippen LogP contribution >= 0.6 is 0 Å². The molecule has 2 aromatic heterocycles. The number of furan rings is 1. The molecule has 2 heterocycles. The predicted molar refractivity (Wildman–Crippen MR) is 92.0 cm³/mol. The van der Waals surface area contributed by atoms with Gasteiger partial charge in [-0.3, -0.25) is 9.48 Å². The highest BCUT2D eigenvalue weighted by Gasteiger charge is 2.11. The minimum atomic E-state index is -0.537. The molecule has 1 amide bonds. The fraction of sp³-hybridized carbons (Fsp3) is 0.167. The Morgan fingerprint density at radius 3 is 2.62 bits per heavy atom. The number of aromatic nitrogens is 2. The lowest BCUT2D eigenvalue weighted by Crippen LogP contribution is -2.10. The first-order valence-corrected chi connectivity index (χ1v) is 7.75. The van der Waals surface area contributed by atoms with Crippen LogP contribution in [0.25, 0.3) is 0 Å². The summed E-state index contributed by atoms with van der Waals surface area (Å²) in [5.41, 5.74) is 1.12. The van der Waals surface area contributed by atoms with Gasteiger partial charge in [0.05, 0.1) is 18.9 Å². The lowest BCUT2D eigenvalue weighted by atomic mass is 10.2. The van der Waals surface area contributed by atoms with Crippen molar-refractivity contribution in [3.8, 4) is 5.75 Å². The van der Waals surface area contributed by atoms with E-state index in [9.17, 15) is 9.59 Å². The van der Waals surface area contributed by atoms with Crippen molar-refractivity contribution in [2.75, 3.05) is 12.4 Å². The molecule has 1 N–H and O–H groups in total. The normalized spacial score (nSPS) is 10.4. The van der Waals surface area contributed by atoms with Crippen molar-refractivity contribution in [3.05, 3.63) is 65.9 Å². The molecule has 8 nitrogen and oxygen atoms in total. The average molecular weight is 355 g/mol. The number of carbonyl (C=O) groups excluding carboxylic acids is 2. The second kappa shape index (κ2) is 7.56. The van der Waals surface area contributed by atoms with Crippen LogP contribution < -0.4 is 10.1 Å². The van der Waals surface area contributed by atoms with Gasteiger partial charge in [0.25, 0.3) is 5.91 Å². The first-order chi connectivity index (χ1) is 12.5. The topological polar surface area (TPSA) is 95.6 Å². The second-order valence-electron chi connectivity index (χ2n) is 5.43. The summed E-state index contributed by atoms with van der Waals surface area (Å²) in [6.07, 6.45) is 3.14. The molecule has 134 valence electrons. The molecule has 0 fully saturated rings. The van der Waals surface area contributed by atoms with Gasteiger partial charge in [0.1, 0.15) is 18.1 Å². The zero-order valence-electron chi connectivity index (χ0n) is 14.3. The number of esters is 1. The molecule has 0 saturated carbocycles. The Morgan fingerprint density at radius 1 is 1.19 bits per heavy atom. The summed E-state index contributed by atoms with van der Waals surface area (Å²) in [6, 6.07) is 10.1. The molecule has 26 heavy (non-hydrogen) atoms. The van der Waals surface area contributed by atoms with Gasteiger partial charge in [-0.1, -0.05) is 0 Å². The number of anilines is 1. The van der Waals surface area contributed by atoms with E-state index in [4.69, 9.17) is 9.15 Å². The summed E-state index contributed by atoms with van der Waals surface area (Å²) in [5, 5.41) is 6.74. The zero-order chi connectivity index (χ0) is 18.5. The minimum Gasteiger partial charge on any atom is -0.486 e. The van der Waals surface area contributed by atoms with Crippen LogP contribution in [0.1, 0.15) is 26.7 Å². The molecule has 0 aliphatic carbocycles. The van der Waals surface area contributed by atoms with E-state index in [1.165, 1.54) is 19.4 Å². The van der Waals surface area contributed by atoms with E-state index in [-0.39, 0.29) is 18.3 Å². The van der Waals surface area contributed by atoms with Gasteiger partial charge in [0.15, 0.2) is 0 Å². The van der Waals surface area contributed by atoms with E-state index < -0.39 is 5.97 Å². The molecule has 3 aromatic rings. The Kier molecular flexibility index (Phi) is 5.02. The smallest absolute Gasteiger partial charge is 0.373 e. The third-order valence-electron chi connectivity index (χ3n) is 3.51. The van der Waals surface area contributed by atoms with E-state index >= 15 is 0 Å². The standard InChI is InChI=1S/C18H17N3O5/c1-21-10-12(9-19-21)17(22)20-13-3-5-14(6-4-13)25-11-15-7-8-16(26-15)18(23)24-2/h3-10H,11H2,1-2H3,(H,20,22). The van der Waals surface area contributed by atoms with Crippen molar-refractivity contribution in [3.63, 3.8) is 0 Å². The van der Waals surface area contributed by atoms with Crippen molar-refractivity contribution in [1.29, 1.82) is 0 Å². The fourth-order valence-corrected chi connectivity index (χ4v) is 2.20. The first kappa shape index (κ1) is 17.3. The predicted octanol–water partition coefficient (Wildman–Crippen LogP) is 2.63. The van der Waals surface area contributed by atoms with E-state index in [1.807, 2.05) is 0 Å². The summed E-state index contributed by atoms with van der Waals surface area (Å²) in [5.74, 6) is 0.446. The van der Waals surface area contributed by atoms with Crippen molar-refractivity contribution >= 4 is 17.6 Å². The fourth-order valence-electron chi connectivity index (χ4n) is 2.20. The maximum Gasteiger partial charge on any atom is 0.373 e. The highest BCUT2D eigenvalue weighted by atomic mass is 16.5. The molecule has 0 unspecified atom stereocenters. The number of nitrogens with one attached hydrogen (secondary N) is 1. The Morgan fingerprint density at radius 2 is 1.96 bits per heavy atom. The third kappa shape index (κ3) is 4.10. The Labute approximate surface area is 149 Å². The monoisotopic (exact) mass is 355 g/mol. The SMILES string of the molecule is COC(=O)c1ccc(COc2ccc(NC(=O)c3cnn(C)c3)cc2)o1. The number of ether oxygens (including phenoxy) is 2. The molecule has 3 rings (SSSR count). The van der Waals surface area contributed by atoms with Crippen molar-refractivity contribution < 1.29 is 23.5 Å². The van der Waals surface area contributed by atoms with Crippen LogP contribution in [0.15, 0.2) is 53.2 Å². The summed E-state index contributed by atoms with van der Waals surface area (Å²) in [7, 11) is 3.03. The molecular weight excluding hydrogens is 338 g/mol. The van der Waals surface area contributed by atoms with Crippen molar-refractivity contribution in [1.82, 2.24) is 9.78 Å². The lowest BCUT2D eigenvalue weighted by Gasteiger charge is -2.07. The quantitative estimate of drug-likeness (QED) is 0.683. The Hall–Kier alpha value is -3.55. The first-order valence-electron chi connectivity index (χ1n) is 7.75. The van der Waals surface area contributed by atoms with Crippen LogP contribution in [0, 0.1) is 0 Å². The van der Waals surface area contributed by atoms with Gasteiger partial charge >= 0.3 is 5.97 Å². The van der Waals surface area contributed by atoms with Gasteiger partial charge < -0.3 is 19.2 Å². The number of carbonyl (C=O) groups is 2. The summed E-state index contributed by atoms with van der Waals surface area (Å²) >= 11 is 0. The number of aryl methyl sites for hydroxylation is 1. The van der Waals surface area contributed by atoms with Gasteiger partial charge in [-0.15, -0.1) is 0 Å². The molecule has 0 spiro atoms. The summed E-state index contributed by atoms with van der Waals surface area (Å²) in [4.78, 5) is 23.4. The molecule has 0 aliphatic rings. The minimum absolute atomic E-state index is 0.125. The summed E-state index contributed by atoms with van der Waals surface area (Å²) < 4.78 is 17.1. The molecule has 0 radical (unpaired) electrons. The molecular formula is C18H17N3O5. The van der Waals surface area contributed by atoms with E-state index in [0.29, 0.717) is 22.8 Å². The number of methoxy groups -OCH3 is 1. The Balaban J connectivity index is 1.55. The van der Waals surface area contributed by atoms with Crippen molar-refractivity contribution in [2.45, 2.75) is 6.61 Å². The number of nitrogens with zero attached hydrogens (tertiary/aromatic N) is 2. The molecule has 8 heteroatoms. The van der Waals surface area contributed by atoms with Crippen LogP contribution in [0.4, 0.5) is 5.69 Å². The number of hydrogen-bond donors (Lipinski definition) is 1. The number of benzene rings is 1. The van der Waals surface area contributed by atoms with Crippen molar-refractivity contribution in [2.24, 2.45) is 7.05 Å². The second-order valence-corrected chi connectivity index (χ2v) is 5.43. The summed E-state index contributed by atoms with van der Waals surface area (Å²) in [6.45, 7) is 0.165. The number of hydrogen-bond acceptors (Lipinski definition) is 6. The van der Waals surface area contributed by atoms with Gasteiger partial charge in [0.2, 0.25) is 5.76 Å². The maximum atomic E-state index is 12.1. The van der Waals surface area contributed by atoms with Gasteiger partial charge in [0, 0.05) is 18.9 Å². The highest BCUT2D eigenvalue weighted by Crippen LogP contribution is 2.18. The average Bonchev–Trinajstić information content (AvgIpc) is 3.29. The number of amides is 1. The van der Waals surface area contributed by atoms with Crippen LogP contribution in [-0.2, 0) is 18.4 Å². The van der Waals surface area contributed by atoms with E-state index in [2.05, 4.69) is 15.2 Å². The van der Waals surface area contributed by atoms with Crippen LogP contribution in [0.5, 0.6) is 5.75 Å². The molecule has 0 aliphatic heterocycles. The van der Waals surface area contributed by atoms with E-state index in [0.717, 1.165) is 0 Å². The highest BCUT2D eigenvalue weighted by molar-refractivity contribution is 6.03. The van der Waals surface area contributed by atoms with E-state index in [1.54, 1.807) is 48.3 Å². The third-order valence-corrected chi connectivity index (χ3v) is 3.51. The molecule has 1 aromatic carbocycles. The van der Waals surface area contributed by atoms with Gasteiger partial charge in [-0.05, 0) is 36.4 Å². The van der Waals surface area contributed by atoms with Crippen LogP contribution in [0.3, 0.4) is 0 Å². The maximum absolute atomic E-state index is 12.1. The van der Waals surface area contributed by atoms with Gasteiger partial charge in [-0.25, -0.2) is 4.79 Å². The van der Waals surface area contributed by atoms with Crippen LogP contribution in [0.2, 0.25) is 0 Å². The zero-order valence-corrected chi connectivity index (χ0v) is 14.3. The molecule has 0 saturated heterocycles. The van der Waals surface area contributed by atoms with Gasteiger partial charge in [-0.2, -0.15) is 5.10 Å². The lowest BCUT2D eigenvalue weighted by molar-refractivity contribution is 0.0561. The largest absolute Gasteiger partial charge is 0.486 e. The van der Waals surface area contributed by atoms with Crippen LogP contribution in [-0.4, -0.2) is 28.8 Å². The Bertz CT molecular complexity index is 911.